The molecule has 1 unspecified atom stereocenters. The smallest absolute Gasteiger partial charge is 0.0162 e. The molecular weight excluding hydrogens is 264 g/mol. The van der Waals surface area contributed by atoms with E-state index in [9.17, 15) is 0 Å². The molecule has 0 fully saturated rings. The van der Waals surface area contributed by atoms with E-state index >= 15 is 0 Å². The lowest BCUT2D eigenvalue weighted by atomic mass is 9.89. The van der Waals surface area contributed by atoms with Crippen LogP contribution in [-0.4, -0.2) is 0 Å². The van der Waals surface area contributed by atoms with Crippen LogP contribution in [0.5, 0.6) is 0 Å². The molecule has 1 aromatic carbocycles. The first-order chi connectivity index (χ1) is 10.9. The summed E-state index contributed by atoms with van der Waals surface area (Å²) in [4.78, 5) is 0. The van der Waals surface area contributed by atoms with E-state index in [-0.39, 0.29) is 0 Å². The number of hydrogen-bond acceptors (Lipinski definition) is 0. The predicted octanol–water partition coefficient (Wildman–Crippen LogP) is 7.88. The molecule has 0 bridgehead atoms. The first-order valence-corrected chi connectivity index (χ1v) is 9.93. The van der Waals surface area contributed by atoms with Crippen LogP contribution in [0.15, 0.2) is 30.3 Å². The Morgan fingerprint density at radius 1 is 0.591 bits per heavy atom. The summed E-state index contributed by atoms with van der Waals surface area (Å²) >= 11 is 0. The van der Waals surface area contributed by atoms with Crippen LogP contribution in [0.3, 0.4) is 0 Å². The molecule has 0 heterocycles. The van der Waals surface area contributed by atoms with Gasteiger partial charge in [-0.05, 0) is 24.3 Å². The van der Waals surface area contributed by atoms with Gasteiger partial charge >= 0.3 is 0 Å². The topological polar surface area (TPSA) is 0 Å². The van der Waals surface area contributed by atoms with Gasteiger partial charge in [0, 0.05) is 0 Å². The van der Waals surface area contributed by atoms with E-state index in [1.807, 2.05) is 0 Å². The van der Waals surface area contributed by atoms with Gasteiger partial charge in [-0.25, -0.2) is 0 Å². The fraction of sp³-hybridized carbons (Fsp3) is 0.727. The third-order valence-corrected chi connectivity index (χ3v) is 4.81. The van der Waals surface area contributed by atoms with Crippen molar-refractivity contribution in [2.24, 2.45) is 0 Å². The lowest BCUT2D eigenvalue weighted by Crippen LogP contribution is -1.98. The number of rotatable bonds is 14. The number of benzene rings is 1. The van der Waals surface area contributed by atoms with Gasteiger partial charge in [-0.15, -0.1) is 0 Å². The monoisotopic (exact) mass is 302 g/mol. The van der Waals surface area contributed by atoms with Gasteiger partial charge in [-0.1, -0.05) is 115 Å². The average Bonchev–Trinajstić information content (AvgIpc) is 2.56. The van der Waals surface area contributed by atoms with Crippen molar-refractivity contribution in [3.05, 3.63) is 35.9 Å². The molecule has 0 N–H and O–H groups in total. The Morgan fingerprint density at radius 2 is 1.14 bits per heavy atom. The molecule has 0 spiro atoms. The molecule has 22 heavy (non-hydrogen) atoms. The van der Waals surface area contributed by atoms with Crippen molar-refractivity contribution in [1.82, 2.24) is 0 Å². The minimum absolute atomic E-state index is 0.792. The van der Waals surface area contributed by atoms with E-state index in [0.717, 1.165) is 5.92 Å². The zero-order valence-electron chi connectivity index (χ0n) is 15.2. The van der Waals surface area contributed by atoms with Gasteiger partial charge in [0.15, 0.2) is 0 Å². The first-order valence-electron chi connectivity index (χ1n) is 9.93. The zero-order valence-corrected chi connectivity index (χ0v) is 15.2. The highest BCUT2D eigenvalue weighted by atomic mass is 14.1. The van der Waals surface area contributed by atoms with Crippen LogP contribution in [0, 0.1) is 0 Å². The number of hydrogen-bond donors (Lipinski definition) is 0. The Kier molecular flexibility index (Phi) is 12.1. The van der Waals surface area contributed by atoms with Crippen LogP contribution >= 0.6 is 0 Å². The lowest BCUT2D eigenvalue weighted by Gasteiger charge is -2.16. The second-order valence-electron chi connectivity index (χ2n) is 6.87. The molecule has 126 valence electrons. The van der Waals surface area contributed by atoms with E-state index in [1.54, 1.807) is 5.56 Å². The summed E-state index contributed by atoms with van der Waals surface area (Å²) in [6, 6.07) is 11.1. The fourth-order valence-corrected chi connectivity index (χ4v) is 3.43. The third-order valence-electron chi connectivity index (χ3n) is 4.81. The molecule has 0 saturated heterocycles. The highest BCUT2D eigenvalue weighted by Crippen LogP contribution is 2.27. The molecule has 0 aromatic heterocycles. The molecule has 0 radical (unpaired) electrons. The van der Waals surface area contributed by atoms with E-state index in [0.29, 0.717) is 0 Å². The molecule has 0 saturated carbocycles. The Morgan fingerprint density at radius 3 is 1.68 bits per heavy atom. The molecular formula is C22H38. The van der Waals surface area contributed by atoms with Gasteiger partial charge in [-0.2, -0.15) is 0 Å². The van der Waals surface area contributed by atoms with Crippen LogP contribution in [0.1, 0.15) is 109 Å². The summed E-state index contributed by atoms with van der Waals surface area (Å²) in [5.41, 5.74) is 1.56. The standard InChI is InChI=1S/C22H38/c1-3-5-6-7-8-9-10-11-12-14-18-21(17-4-2)22-19-15-13-16-20-22/h13,15-16,19-21H,3-12,14,17-18H2,1-2H3. The molecule has 0 heteroatoms. The molecule has 1 rings (SSSR count). The molecule has 0 aliphatic heterocycles. The minimum atomic E-state index is 0.792. The zero-order chi connectivity index (χ0) is 15.9. The summed E-state index contributed by atoms with van der Waals surface area (Å²) in [6.07, 6.45) is 18.4. The van der Waals surface area contributed by atoms with Crippen molar-refractivity contribution in [2.45, 2.75) is 103 Å². The first kappa shape index (κ1) is 19.3. The molecule has 0 amide bonds. The second-order valence-corrected chi connectivity index (χ2v) is 6.87. The summed E-state index contributed by atoms with van der Waals surface area (Å²) in [5, 5.41) is 0. The van der Waals surface area contributed by atoms with Crippen molar-refractivity contribution >= 4 is 0 Å². The Hall–Kier alpha value is -0.780. The maximum Gasteiger partial charge on any atom is -0.0162 e. The summed E-state index contributed by atoms with van der Waals surface area (Å²) in [6.45, 7) is 4.61. The van der Waals surface area contributed by atoms with Crippen LogP contribution in [0.4, 0.5) is 0 Å². The maximum atomic E-state index is 2.32. The molecule has 0 aliphatic carbocycles. The normalized spacial score (nSPS) is 12.5. The third kappa shape index (κ3) is 9.28. The Labute approximate surface area is 139 Å². The Balaban J connectivity index is 2.04. The minimum Gasteiger partial charge on any atom is -0.0654 e. The van der Waals surface area contributed by atoms with E-state index in [2.05, 4.69) is 44.2 Å². The van der Waals surface area contributed by atoms with Gasteiger partial charge in [0.25, 0.3) is 0 Å². The largest absolute Gasteiger partial charge is 0.0654 e. The highest BCUT2D eigenvalue weighted by Gasteiger charge is 2.09. The van der Waals surface area contributed by atoms with Crippen molar-refractivity contribution in [2.75, 3.05) is 0 Å². The van der Waals surface area contributed by atoms with Crippen molar-refractivity contribution in [3.8, 4) is 0 Å². The van der Waals surface area contributed by atoms with Crippen LogP contribution in [-0.2, 0) is 0 Å². The fourth-order valence-electron chi connectivity index (χ4n) is 3.43. The van der Waals surface area contributed by atoms with Gasteiger partial charge in [-0.3, -0.25) is 0 Å². The van der Waals surface area contributed by atoms with Crippen LogP contribution < -0.4 is 0 Å². The second kappa shape index (κ2) is 13.9. The summed E-state index contributed by atoms with van der Waals surface area (Å²) in [5.74, 6) is 0.792. The van der Waals surface area contributed by atoms with Gasteiger partial charge in [0.2, 0.25) is 0 Å². The van der Waals surface area contributed by atoms with E-state index < -0.39 is 0 Å². The van der Waals surface area contributed by atoms with Crippen LogP contribution in [0.2, 0.25) is 0 Å². The van der Waals surface area contributed by atoms with Gasteiger partial charge < -0.3 is 0 Å². The SMILES string of the molecule is CCCCCCCCCCCCC(CCC)c1ccccc1. The predicted molar refractivity (Wildman–Crippen MR) is 101 cm³/mol. The van der Waals surface area contributed by atoms with Gasteiger partial charge in [0.05, 0.1) is 0 Å². The van der Waals surface area contributed by atoms with Crippen molar-refractivity contribution < 1.29 is 0 Å². The molecule has 0 aliphatic rings. The van der Waals surface area contributed by atoms with E-state index in [4.69, 9.17) is 0 Å². The molecule has 1 aromatic rings. The van der Waals surface area contributed by atoms with Crippen molar-refractivity contribution in [1.29, 1.82) is 0 Å². The molecule has 0 nitrogen and oxygen atoms in total. The quantitative estimate of drug-likeness (QED) is 0.306. The average molecular weight is 303 g/mol. The summed E-state index contributed by atoms with van der Waals surface area (Å²) in [7, 11) is 0. The highest BCUT2D eigenvalue weighted by molar-refractivity contribution is 5.19. The number of unbranched alkanes of at least 4 members (excludes halogenated alkanes) is 9. The van der Waals surface area contributed by atoms with E-state index in [1.165, 1.54) is 83.5 Å². The van der Waals surface area contributed by atoms with Crippen LogP contribution in [0.25, 0.3) is 0 Å². The molecule has 1 atom stereocenters. The van der Waals surface area contributed by atoms with Crippen molar-refractivity contribution in [3.63, 3.8) is 0 Å². The maximum absolute atomic E-state index is 2.32. The van der Waals surface area contributed by atoms with Gasteiger partial charge in [0.1, 0.15) is 0 Å². The Bertz CT molecular complexity index is 327. The lowest BCUT2D eigenvalue weighted by molar-refractivity contribution is 0.505. The summed E-state index contributed by atoms with van der Waals surface area (Å²) < 4.78 is 0.